The zero-order valence-electron chi connectivity index (χ0n) is 10.2. The highest BCUT2D eigenvalue weighted by atomic mass is 79.9. The van der Waals surface area contributed by atoms with E-state index in [0.717, 1.165) is 17.6 Å². The summed E-state index contributed by atoms with van der Waals surface area (Å²) in [7, 11) is 0. The number of nitrogens with zero attached hydrogens (tertiary/aromatic N) is 1. The molecule has 1 aliphatic heterocycles. The molecule has 2 nitrogen and oxygen atoms in total. The number of halogens is 5. The van der Waals surface area contributed by atoms with E-state index in [0.29, 0.717) is 18.7 Å². The van der Waals surface area contributed by atoms with Gasteiger partial charge in [0, 0.05) is 30.7 Å². The first-order valence-corrected chi connectivity index (χ1v) is 6.47. The SMILES string of the molecule is Cl.Cl.FC(F)[C@@H](c1ccccc1Br)N1CCNCC1. The fourth-order valence-electron chi connectivity index (χ4n) is 2.17. The summed E-state index contributed by atoms with van der Waals surface area (Å²) in [5.41, 5.74) is 0.671. The van der Waals surface area contributed by atoms with Gasteiger partial charge in [0.25, 0.3) is 6.43 Å². The molecular weight excluding hydrogens is 361 g/mol. The molecular formula is C12H17BrCl2F2N2. The van der Waals surface area contributed by atoms with Crippen molar-refractivity contribution in [1.29, 1.82) is 0 Å². The third kappa shape index (κ3) is 4.83. The molecule has 2 rings (SSSR count). The Balaban J connectivity index is 0.00000162. The first-order chi connectivity index (χ1) is 8.20. The number of benzene rings is 1. The molecule has 0 radical (unpaired) electrons. The molecule has 0 spiro atoms. The Morgan fingerprint density at radius 1 is 1.11 bits per heavy atom. The number of rotatable bonds is 3. The molecule has 1 saturated heterocycles. The van der Waals surface area contributed by atoms with Crippen LogP contribution in [0.25, 0.3) is 0 Å². The van der Waals surface area contributed by atoms with Crippen LogP contribution in [0, 0.1) is 0 Å². The van der Waals surface area contributed by atoms with Gasteiger partial charge in [-0.15, -0.1) is 24.8 Å². The quantitative estimate of drug-likeness (QED) is 0.867. The van der Waals surface area contributed by atoms with Gasteiger partial charge in [0.05, 0.1) is 6.04 Å². The van der Waals surface area contributed by atoms with E-state index < -0.39 is 12.5 Å². The van der Waals surface area contributed by atoms with E-state index in [9.17, 15) is 8.78 Å². The monoisotopic (exact) mass is 376 g/mol. The van der Waals surface area contributed by atoms with Gasteiger partial charge in [0.2, 0.25) is 0 Å². The minimum atomic E-state index is -2.37. The van der Waals surface area contributed by atoms with Crippen LogP contribution < -0.4 is 5.32 Å². The van der Waals surface area contributed by atoms with Crippen molar-refractivity contribution in [2.75, 3.05) is 26.2 Å². The van der Waals surface area contributed by atoms with Crippen molar-refractivity contribution in [3.8, 4) is 0 Å². The topological polar surface area (TPSA) is 15.3 Å². The number of alkyl halides is 2. The molecule has 0 aromatic heterocycles. The van der Waals surface area contributed by atoms with Crippen LogP contribution in [0.15, 0.2) is 28.7 Å². The molecule has 0 aliphatic carbocycles. The molecule has 1 aliphatic rings. The van der Waals surface area contributed by atoms with E-state index in [2.05, 4.69) is 21.2 Å². The molecule has 110 valence electrons. The molecule has 1 N–H and O–H groups in total. The summed E-state index contributed by atoms with van der Waals surface area (Å²) in [4.78, 5) is 1.85. The van der Waals surface area contributed by atoms with Gasteiger partial charge in [0.1, 0.15) is 0 Å². The minimum Gasteiger partial charge on any atom is -0.314 e. The molecule has 19 heavy (non-hydrogen) atoms. The first kappa shape index (κ1) is 19.1. The summed E-state index contributed by atoms with van der Waals surface area (Å²) in [6.45, 7) is 2.87. The maximum absolute atomic E-state index is 13.3. The highest BCUT2D eigenvalue weighted by Gasteiger charge is 2.31. The van der Waals surface area contributed by atoms with E-state index in [1.165, 1.54) is 0 Å². The number of piperazine rings is 1. The Labute approximate surface area is 132 Å². The van der Waals surface area contributed by atoms with Crippen LogP contribution in [-0.2, 0) is 0 Å². The van der Waals surface area contributed by atoms with Gasteiger partial charge in [-0.25, -0.2) is 8.78 Å². The summed E-state index contributed by atoms with van der Waals surface area (Å²) in [6.07, 6.45) is -2.37. The van der Waals surface area contributed by atoms with Crippen molar-refractivity contribution in [3.05, 3.63) is 34.3 Å². The average molecular weight is 378 g/mol. The lowest BCUT2D eigenvalue weighted by molar-refractivity contribution is 0.0178. The molecule has 0 unspecified atom stereocenters. The summed E-state index contributed by atoms with van der Waals surface area (Å²) in [6, 6.07) is 6.41. The van der Waals surface area contributed by atoms with E-state index in [-0.39, 0.29) is 24.8 Å². The zero-order chi connectivity index (χ0) is 12.3. The first-order valence-electron chi connectivity index (χ1n) is 5.67. The number of hydrogen-bond acceptors (Lipinski definition) is 2. The van der Waals surface area contributed by atoms with Gasteiger partial charge < -0.3 is 5.32 Å². The summed E-state index contributed by atoms with van der Waals surface area (Å²) in [5.74, 6) is 0. The molecule has 7 heteroatoms. The van der Waals surface area contributed by atoms with E-state index in [1.807, 2.05) is 17.0 Å². The van der Waals surface area contributed by atoms with Gasteiger partial charge in [-0.1, -0.05) is 34.1 Å². The Bertz CT molecular complexity index is 377. The van der Waals surface area contributed by atoms with Gasteiger partial charge in [0.15, 0.2) is 0 Å². The second-order valence-corrected chi connectivity index (χ2v) is 4.94. The van der Waals surface area contributed by atoms with Crippen LogP contribution in [0.1, 0.15) is 11.6 Å². The molecule has 1 fully saturated rings. The van der Waals surface area contributed by atoms with Gasteiger partial charge in [-0.2, -0.15) is 0 Å². The van der Waals surface area contributed by atoms with Crippen molar-refractivity contribution >= 4 is 40.7 Å². The number of hydrogen-bond donors (Lipinski definition) is 1. The van der Waals surface area contributed by atoms with Crippen molar-refractivity contribution < 1.29 is 8.78 Å². The van der Waals surface area contributed by atoms with E-state index >= 15 is 0 Å². The molecule has 1 heterocycles. The van der Waals surface area contributed by atoms with Crippen LogP contribution in [-0.4, -0.2) is 37.5 Å². The second kappa shape index (κ2) is 9.08. The maximum Gasteiger partial charge on any atom is 0.258 e. The summed E-state index contributed by atoms with van der Waals surface area (Å²) < 4.78 is 27.3. The van der Waals surface area contributed by atoms with Crippen LogP contribution in [0.5, 0.6) is 0 Å². The van der Waals surface area contributed by atoms with Crippen LogP contribution >= 0.6 is 40.7 Å². The Morgan fingerprint density at radius 3 is 2.21 bits per heavy atom. The highest BCUT2D eigenvalue weighted by Crippen LogP contribution is 2.32. The molecule has 1 aromatic rings. The molecule has 0 amide bonds. The second-order valence-electron chi connectivity index (χ2n) is 4.09. The van der Waals surface area contributed by atoms with Gasteiger partial charge in [-0.3, -0.25) is 4.90 Å². The van der Waals surface area contributed by atoms with Crippen LogP contribution in [0.4, 0.5) is 8.78 Å². The highest BCUT2D eigenvalue weighted by molar-refractivity contribution is 9.10. The normalized spacial score (nSPS) is 17.5. The summed E-state index contributed by atoms with van der Waals surface area (Å²) >= 11 is 3.36. The standard InChI is InChI=1S/C12H15BrF2N2.2ClH/c13-10-4-2-1-3-9(10)11(12(14)15)17-7-5-16-6-8-17;;/h1-4,11-12,16H,5-8H2;2*1H/t11-;;/m1../s1. The van der Waals surface area contributed by atoms with Crippen molar-refractivity contribution in [2.24, 2.45) is 0 Å². The van der Waals surface area contributed by atoms with Crippen LogP contribution in [0.3, 0.4) is 0 Å². The zero-order valence-corrected chi connectivity index (χ0v) is 13.4. The third-order valence-corrected chi connectivity index (χ3v) is 3.73. The molecule has 1 atom stereocenters. The lowest BCUT2D eigenvalue weighted by Crippen LogP contribution is -2.47. The van der Waals surface area contributed by atoms with Crippen molar-refractivity contribution in [3.63, 3.8) is 0 Å². The lowest BCUT2D eigenvalue weighted by atomic mass is 10.1. The number of nitrogens with one attached hydrogen (secondary N) is 1. The summed E-state index contributed by atoms with van der Waals surface area (Å²) in [5, 5.41) is 3.18. The van der Waals surface area contributed by atoms with Gasteiger partial charge in [-0.05, 0) is 11.6 Å². The molecule has 0 bridgehead atoms. The minimum absolute atomic E-state index is 0. The lowest BCUT2D eigenvalue weighted by Gasteiger charge is -2.35. The Kier molecular flexibility index (Phi) is 9.11. The Morgan fingerprint density at radius 2 is 1.68 bits per heavy atom. The fraction of sp³-hybridized carbons (Fsp3) is 0.500. The fourth-order valence-corrected chi connectivity index (χ4v) is 2.69. The third-order valence-electron chi connectivity index (χ3n) is 3.01. The van der Waals surface area contributed by atoms with E-state index in [4.69, 9.17) is 0 Å². The largest absolute Gasteiger partial charge is 0.314 e. The average Bonchev–Trinajstić information content (AvgIpc) is 2.33. The van der Waals surface area contributed by atoms with Crippen molar-refractivity contribution in [1.82, 2.24) is 10.2 Å². The van der Waals surface area contributed by atoms with Crippen molar-refractivity contribution in [2.45, 2.75) is 12.5 Å². The predicted molar refractivity (Wildman–Crippen MR) is 81.8 cm³/mol. The smallest absolute Gasteiger partial charge is 0.258 e. The van der Waals surface area contributed by atoms with Gasteiger partial charge >= 0.3 is 0 Å². The predicted octanol–water partition coefficient (Wildman–Crippen LogP) is 3.50. The van der Waals surface area contributed by atoms with Crippen LogP contribution in [0.2, 0.25) is 0 Å². The Hall–Kier alpha value is 0.0600. The molecule has 1 aromatic carbocycles. The molecule has 0 saturated carbocycles. The maximum atomic E-state index is 13.3. The van der Waals surface area contributed by atoms with E-state index in [1.54, 1.807) is 12.1 Å².